The van der Waals surface area contributed by atoms with Crippen LogP contribution in [0.1, 0.15) is 43.7 Å². The van der Waals surface area contributed by atoms with Gasteiger partial charge in [0, 0.05) is 30.1 Å². The number of carbonyl (C=O) groups is 1. The van der Waals surface area contributed by atoms with Crippen LogP contribution >= 0.6 is 0 Å². The van der Waals surface area contributed by atoms with E-state index in [4.69, 9.17) is 4.74 Å². The van der Waals surface area contributed by atoms with Gasteiger partial charge in [0.05, 0.1) is 18.2 Å². The molecule has 1 saturated heterocycles. The molecular weight excluding hydrogens is 308 g/mol. The second-order valence-electron chi connectivity index (χ2n) is 6.41. The summed E-state index contributed by atoms with van der Waals surface area (Å²) in [5, 5.41) is 7.03. The molecule has 0 spiro atoms. The van der Waals surface area contributed by atoms with Gasteiger partial charge in [-0.1, -0.05) is 0 Å². The number of amides is 1. The fraction of sp³-hybridized carbons (Fsp3) is 0.471. The molecule has 0 aromatic carbocycles. The lowest BCUT2D eigenvalue weighted by molar-refractivity contribution is -0.121. The maximum atomic E-state index is 12.6. The number of aryl methyl sites for hydroxylation is 1. The van der Waals surface area contributed by atoms with Crippen molar-refractivity contribution in [2.45, 2.75) is 39.3 Å². The Morgan fingerprint density at radius 1 is 1.46 bits per heavy atom. The summed E-state index contributed by atoms with van der Waals surface area (Å²) in [4.78, 5) is 27.2. The molecule has 3 rings (SSSR count). The Bertz CT molecular complexity index is 793. The van der Waals surface area contributed by atoms with Crippen molar-refractivity contribution < 1.29 is 9.53 Å². The molecule has 2 aromatic heterocycles. The summed E-state index contributed by atoms with van der Waals surface area (Å²) in [6, 6.07) is 3.62. The normalized spacial score (nSPS) is 20.5. The predicted molar refractivity (Wildman–Crippen MR) is 89.8 cm³/mol. The highest BCUT2D eigenvalue weighted by atomic mass is 16.5. The fourth-order valence-electron chi connectivity index (χ4n) is 2.86. The van der Waals surface area contributed by atoms with E-state index in [1.54, 1.807) is 25.3 Å². The van der Waals surface area contributed by atoms with Gasteiger partial charge in [-0.2, -0.15) is 5.10 Å². The third-order valence-electron chi connectivity index (χ3n) is 4.22. The van der Waals surface area contributed by atoms with Gasteiger partial charge in [0.1, 0.15) is 5.69 Å². The van der Waals surface area contributed by atoms with Crippen molar-refractivity contribution in [3.8, 4) is 0 Å². The first kappa shape index (κ1) is 16.4. The molecule has 1 aliphatic rings. The van der Waals surface area contributed by atoms with Crippen LogP contribution in [0.5, 0.6) is 0 Å². The zero-order chi connectivity index (χ0) is 17.3. The molecule has 2 aromatic rings. The van der Waals surface area contributed by atoms with Crippen LogP contribution in [0.3, 0.4) is 0 Å². The Balaban J connectivity index is 1.76. The van der Waals surface area contributed by atoms with Crippen LogP contribution in [0.15, 0.2) is 29.3 Å². The lowest BCUT2D eigenvalue weighted by Crippen LogP contribution is -2.28. The third-order valence-corrected chi connectivity index (χ3v) is 4.22. The summed E-state index contributed by atoms with van der Waals surface area (Å²) in [7, 11) is 0. The van der Waals surface area contributed by atoms with Crippen LogP contribution in [0.25, 0.3) is 0 Å². The highest BCUT2D eigenvalue weighted by Crippen LogP contribution is 2.35. The molecule has 2 N–H and O–H groups in total. The molecule has 1 amide bonds. The van der Waals surface area contributed by atoms with E-state index in [1.165, 1.54) is 0 Å². The van der Waals surface area contributed by atoms with E-state index in [0.29, 0.717) is 13.0 Å². The number of H-pyrrole nitrogens is 1. The highest BCUT2D eigenvalue weighted by molar-refractivity contribution is 5.93. The maximum Gasteiger partial charge on any atom is 0.271 e. The van der Waals surface area contributed by atoms with E-state index in [2.05, 4.69) is 15.4 Å². The molecular formula is C17H22N4O3. The molecule has 2 atom stereocenters. The smallest absolute Gasteiger partial charge is 0.271 e. The number of nitrogens with one attached hydrogen (secondary N) is 2. The fourth-order valence-corrected chi connectivity index (χ4v) is 2.86. The van der Waals surface area contributed by atoms with E-state index in [1.807, 2.05) is 24.7 Å². The Kier molecular flexibility index (Phi) is 4.53. The number of aromatic amines is 1. The van der Waals surface area contributed by atoms with E-state index in [-0.39, 0.29) is 35.2 Å². The Morgan fingerprint density at radius 3 is 2.92 bits per heavy atom. The van der Waals surface area contributed by atoms with Gasteiger partial charge in [-0.05, 0) is 39.3 Å². The molecule has 7 nitrogen and oxygen atoms in total. The van der Waals surface area contributed by atoms with Gasteiger partial charge in [-0.3, -0.25) is 14.3 Å². The zero-order valence-electron chi connectivity index (χ0n) is 14.1. The van der Waals surface area contributed by atoms with Crippen LogP contribution in [-0.2, 0) is 9.53 Å². The number of rotatable bonds is 4. The van der Waals surface area contributed by atoms with E-state index < -0.39 is 0 Å². The molecule has 0 bridgehead atoms. The van der Waals surface area contributed by atoms with Crippen LogP contribution in [0.2, 0.25) is 0 Å². The third kappa shape index (κ3) is 3.26. The Morgan fingerprint density at radius 2 is 2.25 bits per heavy atom. The summed E-state index contributed by atoms with van der Waals surface area (Å²) >= 11 is 0. The number of ether oxygens (including phenoxy) is 1. The number of hydrogen-bond acceptors (Lipinski definition) is 4. The molecule has 0 unspecified atom stereocenters. The van der Waals surface area contributed by atoms with Crippen molar-refractivity contribution in [3.05, 3.63) is 46.1 Å². The van der Waals surface area contributed by atoms with Crippen LogP contribution < -0.4 is 10.9 Å². The van der Waals surface area contributed by atoms with Crippen LogP contribution in [0, 0.1) is 12.8 Å². The number of aromatic nitrogens is 3. The number of pyridine rings is 1. The summed E-state index contributed by atoms with van der Waals surface area (Å²) in [5.74, 6) is -0.542. The zero-order valence-corrected chi connectivity index (χ0v) is 14.1. The average molecular weight is 330 g/mol. The quantitative estimate of drug-likeness (QED) is 0.899. The predicted octanol–water partition coefficient (Wildman–Crippen LogP) is 2.18. The van der Waals surface area contributed by atoms with Crippen LogP contribution in [-0.4, -0.2) is 27.3 Å². The van der Waals surface area contributed by atoms with Gasteiger partial charge in [0.15, 0.2) is 0 Å². The topological polar surface area (TPSA) is 89.0 Å². The van der Waals surface area contributed by atoms with Crippen LogP contribution in [0.4, 0.5) is 5.69 Å². The summed E-state index contributed by atoms with van der Waals surface area (Å²) in [5.41, 5.74) is 1.60. The Hall–Kier alpha value is -2.41. The molecule has 0 saturated carbocycles. The van der Waals surface area contributed by atoms with E-state index in [0.717, 1.165) is 11.3 Å². The molecule has 24 heavy (non-hydrogen) atoms. The minimum Gasteiger partial charge on any atom is -0.373 e. The van der Waals surface area contributed by atoms with Crippen molar-refractivity contribution in [3.63, 3.8) is 0 Å². The number of anilines is 1. The summed E-state index contributed by atoms with van der Waals surface area (Å²) in [6.07, 6.45) is 3.95. The molecule has 3 heterocycles. The minimum absolute atomic E-state index is 0.204. The molecule has 1 aliphatic heterocycles. The second kappa shape index (κ2) is 6.60. The molecule has 0 aliphatic carbocycles. The van der Waals surface area contributed by atoms with Gasteiger partial charge in [0.2, 0.25) is 5.91 Å². The van der Waals surface area contributed by atoms with Gasteiger partial charge in [0.25, 0.3) is 5.56 Å². The molecule has 7 heteroatoms. The lowest BCUT2D eigenvalue weighted by atomic mass is 9.96. The highest BCUT2D eigenvalue weighted by Gasteiger charge is 2.36. The van der Waals surface area contributed by atoms with Gasteiger partial charge in [-0.25, -0.2) is 0 Å². The average Bonchev–Trinajstić information content (AvgIpc) is 3.17. The van der Waals surface area contributed by atoms with Crippen molar-refractivity contribution >= 4 is 11.6 Å². The van der Waals surface area contributed by atoms with Gasteiger partial charge in [-0.15, -0.1) is 0 Å². The lowest BCUT2D eigenvalue weighted by Gasteiger charge is -2.17. The van der Waals surface area contributed by atoms with Crippen molar-refractivity contribution in [1.29, 1.82) is 0 Å². The second-order valence-corrected chi connectivity index (χ2v) is 6.41. The number of nitrogens with zero attached hydrogens (tertiary/aromatic N) is 2. The minimum atomic E-state index is -0.337. The largest absolute Gasteiger partial charge is 0.373 e. The summed E-state index contributed by atoms with van der Waals surface area (Å²) < 4.78 is 7.60. The van der Waals surface area contributed by atoms with Gasteiger partial charge >= 0.3 is 0 Å². The SMILES string of the molecule is Cc1ccc(NC(=O)[C@H]2CCO[C@@H]2c2cnn(C(C)C)c2)c(=O)[nH]1. The first-order valence-electron chi connectivity index (χ1n) is 8.12. The Labute approximate surface area is 140 Å². The maximum absolute atomic E-state index is 12.6. The monoisotopic (exact) mass is 330 g/mol. The standard InChI is InChI=1S/C17H22N4O3/c1-10(2)21-9-12(8-18-21)15-13(6-7-24-15)16(22)20-14-5-4-11(3)19-17(14)23/h4-5,8-10,13,15H,6-7H2,1-3H3,(H,19,23)(H,20,22)/t13-,15+/m0/s1. The molecule has 1 fully saturated rings. The first-order valence-corrected chi connectivity index (χ1v) is 8.12. The molecule has 128 valence electrons. The number of hydrogen-bond donors (Lipinski definition) is 2. The van der Waals surface area contributed by atoms with Gasteiger partial charge < -0.3 is 15.0 Å². The van der Waals surface area contributed by atoms with E-state index in [9.17, 15) is 9.59 Å². The number of carbonyl (C=O) groups excluding carboxylic acids is 1. The molecule has 0 radical (unpaired) electrons. The van der Waals surface area contributed by atoms with E-state index >= 15 is 0 Å². The van der Waals surface area contributed by atoms with Crippen molar-refractivity contribution in [1.82, 2.24) is 14.8 Å². The van der Waals surface area contributed by atoms with Crippen molar-refractivity contribution in [2.24, 2.45) is 5.92 Å². The summed E-state index contributed by atoms with van der Waals surface area (Å²) in [6.45, 7) is 6.39. The first-order chi connectivity index (χ1) is 11.5. The van der Waals surface area contributed by atoms with Crippen molar-refractivity contribution in [2.75, 3.05) is 11.9 Å².